The molecule has 0 spiro atoms. The Hall–Kier alpha value is -0.570. The minimum absolute atomic E-state index is 0.648. The molecule has 1 N–H and O–H groups in total. The van der Waals surface area contributed by atoms with Gasteiger partial charge in [-0.2, -0.15) is 0 Å². The van der Waals surface area contributed by atoms with Crippen molar-refractivity contribution in [3.63, 3.8) is 0 Å². The molecule has 0 aliphatic heterocycles. The first-order valence-electron chi connectivity index (χ1n) is 4.97. The van der Waals surface area contributed by atoms with Gasteiger partial charge in [-0.1, -0.05) is 20.8 Å². The average Bonchev–Trinajstić information content (AvgIpc) is 2.62. The molecule has 1 rings (SSSR count). The highest BCUT2D eigenvalue weighted by atomic mass is 32.1. The van der Waals surface area contributed by atoms with Crippen LogP contribution in [-0.4, -0.2) is 11.5 Å². The molecule has 1 atom stereocenters. The molecule has 0 aliphatic rings. The van der Waals surface area contributed by atoms with Crippen LogP contribution >= 0.6 is 11.3 Å². The molecule has 3 heteroatoms. The van der Waals surface area contributed by atoms with Crippen LogP contribution in [0, 0.1) is 0 Å². The highest BCUT2D eigenvalue weighted by Gasteiger charge is 2.06. The van der Waals surface area contributed by atoms with Crippen molar-refractivity contribution in [1.82, 2.24) is 4.98 Å². The number of nitrogens with one attached hydrogen (secondary N) is 1. The highest BCUT2D eigenvalue weighted by molar-refractivity contribution is 7.15. The van der Waals surface area contributed by atoms with Crippen molar-refractivity contribution in [1.29, 1.82) is 0 Å². The molecule has 2 nitrogen and oxygen atoms in total. The molecular formula is C10H18N2S. The van der Waals surface area contributed by atoms with Gasteiger partial charge in [0, 0.05) is 17.6 Å². The van der Waals surface area contributed by atoms with Gasteiger partial charge in [-0.3, -0.25) is 0 Å². The molecule has 0 fully saturated rings. The molecule has 74 valence electrons. The number of rotatable bonds is 5. The zero-order valence-electron chi connectivity index (χ0n) is 8.63. The Morgan fingerprint density at radius 1 is 1.54 bits per heavy atom. The van der Waals surface area contributed by atoms with Crippen molar-refractivity contribution in [2.75, 3.05) is 11.9 Å². The predicted molar refractivity (Wildman–Crippen MR) is 59.6 cm³/mol. The number of anilines is 1. The van der Waals surface area contributed by atoms with Gasteiger partial charge in [0.05, 0.1) is 0 Å². The first-order chi connectivity index (χ1) is 6.27. The van der Waals surface area contributed by atoms with Crippen LogP contribution in [0.4, 0.5) is 5.13 Å². The molecule has 0 radical (unpaired) electrons. The minimum atomic E-state index is 0.648. The summed E-state index contributed by atoms with van der Waals surface area (Å²) in [7, 11) is 0. The van der Waals surface area contributed by atoms with Crippen molar-refractivity contribution in [2.24, 2.45) is 0 Å². The molecule has 1 aromatic rings. The van der Waals surface area contributed by atoms with Crippen LogP contribution in [0.5, 0.6) is 0 Å². The topological polar surface area (TPSA) is 24.9 Å². The maximum Gasteiger partial charge on any atom is 0.182 e. The fraction of sp³-hybridized carbons (Fsp3) is 0.700. The van der Waals surface area contributed by atoms with Crippen LogP contribution in [0.15, 0.2) is 6.20 Å². The van der Waals surface area contributed by atoms with E-state index in [2.05, 4.69) is 31.1 Å². The first kappa shape index (κ1) is 10.5. The fourth-order valence-electron chi connectivity index (χ4n) is 1.03. The molecule has 0 bridgehead atoms. The molecule has 0 aromatic carbocycles. The maximum absolute atomic E-state index is 4.33. The largest absolute Gasteiger partial charge is 0.362 e. The molecule has 0 saturated heterocycles. The van der Waals surface area contributed by atoms with Gasteiger partial charge < -0.3 is 5.32 Å². The van der Waals surface area contributed by atoms with E-state index in [9.17, 15) is 0 Å². The fourth-order valence-corrected chi connectivity index (χ4v) is 2.01. The molecule has 13 heavy (non-hydrogen) atoms. The molecule has 1 heterocycles. The van der Waals surface area contributed by atoms with Gasteiger partial charge in [0.25, 0.3) is 0 Å². The smallest absolute Gasteiger partial charge is 0.182 e. The van der Waals surface area contributed by atoms with E-state index >= 15 is 0 Å². The normalized spacial score (nSPS) is 12.8. The van der Waals surface area contributed by atoms with Crippen molar-refractivity contribution in [2.45, 2.75) is 39.5 Å². The van der Waals surface area contributed by atoms with Crippen LogP contribution in [0.25, 0.3) is 0 Å². The Kier molecular flexibility index (Phi) is 4.22. The lowest BCUT2D eigenvalue weighted by atomic mass is 10.1. The third kappa shape index (κ3) is 2.99. The second-order valence-electron chi connectivity index (χ2n) is 3.30. The second kappa shape index (κ2) is 5.22. The van der Waals surface area contributed by atoms with E-state index in [4.69, 9.17) is 0 Å². The number of aromatic nitrogens is 1. The lowest BCUT2D eigenvalue weighted by Crippen LogP contribution is -1.97. The molecular weight excluding hydrogens is 180 g/mol. The summed E-state index contributed by atoms with van der Waals surface area (Å²) in [6.07, 6.45) is 4.34. The Balaban J connectivity index is 2.53. The minimum Gasteiger partial charge on any atom is -0.362 e. The summed E-state index contributed by atoms with van der Waals surface area (Å²) in [5.74, 6) is 0.648. The van der Waals surface area contributed by atoms with E-state index in [-0.39, 0.29) is 0 Å². The Morgan fingerprint density at radius 3 is 2.92 bits per heavy atom. The molecule has 1 unspecified atom stereocenters. The van der Waals surface area contributed by atoms with Gasteiger partial charge in [-0.25, -0.2) is 4.98 Å². The molecule has 1 aromatic heterocycles. The lowest BCUT2D eigenvalue weighted by molar-refractivity contribution is 0.746. The monoisotopic (exact) mass is 198 g/mol. The zero-order chi connectivity index (χ0) is 9.68. The molecule has 0 aliphatic carbocycles. The standard InChI is InChI=1S/C10H18N2S/c1-4-6-11-10-12-7-9(13-10)8(3)5-2/h7-8H,4-6H2,1-3H3,(H,11,12). The lowest BCUT2D eigenvalue weighted by Gasteiger charge is -2.02. The van der Waals surface area contributed by atoms with Crippen molar-refractivity contribution in [3.05, 3.63) is 11.1 Å². The van der Waals surface area contributed by atoms with Crippen LogP contribution < -0.4 is 5.32 Å². The third-order valence-electron chi connectivity index (χ3n) is 2.15. The number of nitrogens with zero attached hydrogens (tertiary/aromatic N) is 1. The van der Waals surface area contributed by atoms with Crippen LogP contribution in [-0.2, 0) is 0 Å². The van der Waals surface area contributed by atoms with Crippen LogP contribution in [0.3, 0.4) is 0 Å². The average molecular weight is 198 g/mol. The summed E-state index contributed by atoms with van der Waals surface area (Å²) in [4.78, 5) is 5.72. The summed E-state index contributed by atoms with van der Waals surface area (Å²) in [6, 6.07) is 0. The first-order valence-corrected chi connectivity index (χ1v) is 5.79. The van der Waals surface area contributed by atoms with E-state index in [0.717, 1.165) is 18.1 Å². The summed E-state index contributed by atoms with van der Waals surface area (Å²) in [5, 5.41) is 4.37. The van der Waals surface area contributed by atoms with Crippen molar-refractivity contribution in [3.8, 4) is 0 Å². The Bertz CT molecular complexity index is 245. The van der Waals surface area contributed by atoms with E-state index in [0.29, 0.717) is 5.92 Å². The van der Waals surface area contributed by atoms with Crippen LogP contribution in [0.1, 0.15) is 44.4 Å². The van der Waals surface area contributed by atoms with Crippen molar-refractivity contribution < 1.29 is 0 Å². The second-order valence-corrected chi connectivity index (χ2v) is 4.37. The van der Waals surface area contributed by atoms with Gasteiger partial charge in [-0.15, -0.1) is 11.3 Å². The quantitative estimate of drug-likeness (QED) is 0.783. The van der Waals surface area contributed by atoms with E-state index in [1.54, 1.807) is 11.3 Å². The number of hydrogen-bond donors (Lipinski definition) is 1. The predicted octanol–water partition coefficient (Wildman–Crippen LogP) is 3.48. The summed E-state index contributed by atoms with van der Waals surface area (Å²) in [6.45, 7) is 7.64. The van der Waals surface area contributed by atoms with E-state index in [1.165, 1.54) is 11.3 Å². The van der Waals surface area contributed by atoms with Gasteiger partial charge in [-0.05, 0) is 18.8 Å². The van der Waals surface area contributed by atoms with Gasteiger partial charge in [0.1, 0.15) is 0 Å². The van der Waals surface area contributed by atoms with Gasteiger partial charge in [0.2, 0.25) is 0 Å². The van der Waals surface area contributed by atoms with E-state index < -0.39 is 0 Å². The summed E-state index contributed by atoms with van der Waals surface area (Å²) in [5.41, 5.74) is 0. The Labute approximate surface area is 84.4 Å². The molecule has 0 saturated carbocycles. The zero-order valence-corrected chi connectivity index (χ0v) is 9.45. The number of thiazole rings is 1. The van der Waals surface area contributed by atoms with Crippen LogP contribution in [0.2, 0.25) is 0 Å². The van der Waals surface area contributed by atoms with Crippen molar-refractivity contribution >= 4 is 16.5 Å². The summed E-state index contributed by atoms with van der Waals surface area (Å²) < 4.78 is 0. The Morgan fingerprint density at radius 2 is 2.31 bits per heavy atom. The maximum atomic E-state index is 4.33. The van der Waals surface area contributed by atoms with Gasteiger partial charge >= 0.3 is 0 Å². The third-order valence-corrected chi connectivity index (χ3v) is 3.33. The van der Waals surface area contributed by atoms with E-state index in [1.807, 2.05) is 6.20 Å². The SMILES string of the molecule is CCCNc1ncc(C(C)CC)s1. The summed E-state index contributed by atoms with van der Waals surface area (Å²) >= 11 is 1.78. The molecule has 0 amide bonds. The van der Waals surface area contributed by atoms with Gasteiger partial charge in [0.15, 0.2) is 5.13 Å². The highest BCUT2D eigenvalue weighted by Crippen LogP contribution is 2.27. The number of hydrogen-bond acceptors (Lipinski definition) is 3.